The smallest absolute Gasteiger partial charge is 0.177 e. The van der Waals surface area contributed by atoms with Gasteiger partial charge in [-0.25, -0.2) is 9.97 Å². The summed E-state index contributed by atoms with van der Waals surface area (Å²) in [5.74, 6) is 0.979. The highest BCUT2D eigenvalue weighted by molar-refractivity contribution is 5.70. The first-order valence-electron chi connectivity index (χ1n) is 6.02. The molecule has 0 aliphatic heterocycles. The molecule has 3 aromatic rings. The number of nitrogens with zero attached hydrogens (tertiary/aromatic N) is 3. The van der Waals surface area contributed by atoms with Crippen molar-refractivity contribution in [2.75, 3.05) is 0 Å². The first-order chi connectivity index (χ1) is 8.81. The zero-order valence-electron chi connectivity index (χ0n) is 10.2. The normalized spacial score (nSPS) is 10.9. The van der Waals surface area contributed by atoms with Crippen LogP contribution in [0.4, 0.5) is 0 Å². The monoisotopic (exact) mass is 238 g/mol. The molecule has 0 aromatic carbocycles. The van der Waals surface area contributed by atoms with Crippen molar-refractivity contribution >= 4 is 11.2 Å². The van der Waals surface area contributed by atoms with Crippen molar-refractivity contribution in [1.29, 1.82) is 0 Å². The maximum atomic E-state index is 4.50. The van der Waals surface area contributed by atoms with Crippen LogP contribution in [0.25, 0.3) is 11.2 Å². The molecule has 0 bridgehead atoms. The lowest BCUT2D eigenvalue weighted by Gasteiger charge is -1.97. The van der Waals surface area contributed by atoms with Crippen molar-refractivity contribution in [2.24, 2.45) is 0 Å². The van der Waals surface area contributed by atoms with Crippen molar-refractivity contribution in [2.45, 2.75) is 19.8 Å². The van der Waals surface area contributed by atoms with Crippen molar-refractivity contribution in [1.82, 2.24) is 19.9 Å². The number of hydrogen-bond acceptors (Lipinski definition) is 3. The molecule has 18 heavy (non-hydrogen) atoms. The molecule has 0 fully saturated rings. The van der Waals surface area contributed by atoms with Gasteiger partial charge in [0, 0.05) is 24.5 Å². The predicted molar refractivity (Wildman–Crippen MR) is 70.3 cm³/mol. The van der Waals surface area contributed by atoms with Gasteiger partial charge in [-0.1, -0.05) is 6.07 Å². The number of nitrogens with one attached hydrogen (secondary N) is 1. The molecule has 90 valence electrons. The third-order valence-electron chi connectivity index (χ3n) is 2.91. The van der Waals surface area contributed by atoms with Crippen LogP contribution in [0.5, 0.6) is 0 Å². The fraction of sp³-hybridized carbons (Fsp3) is 0.214. The Morgan fingerprint density at radius 3 is 2.89 bits per heavy atom. The number of aryl methyl sites for hydroxylation is 3. The molecular weight excluding hydrogens is 224 g/mol. The molecule has 0 aliphatic carbocycles. The van der Waals surface area contributed by atoms with Gasteiger partial charge >= 0.3 is 0 Å². The fourth-order valence-corrected chi connectivity index (χ4v) is 1.96. The molecule has 0 saturated carbocycles. The zero-order valence-corrected chi connectivity index (χ0v) is 10.2. The minimum absolute atomic E-state index is 0.802. The topological polar surface area (TPSA) is 54.5 Å². The van der Waals surface area contributed by atoms with Gasteiger partial charge in [0.05, 0.1) is 5.52 Å². The van der Waals surface area contributed by atoms with E-state index in [0.29, 0.717) is 0 Å². The molecule has 0 aliphatic rings. The van der Waals surface area contributed by atoms with E-state index in [1.54, 1.807) is 6.20 Å². The highest BCUT2D eigenvalue weighted by atomic mass is 15.0. The van der Waals surface area contributed by atoms with Crippen LogP contribution >= 0.6 is 0 Å². The number of rotatable bonds is 3. The van der Waals surface area contributed by atoms with E-state index >= 15 is 0 Å². The summed E-state index contributed by atoms with van der Waals surface area (Å²) < 4.78 is 0. The summed E-state index contributed by atoms with van der Waals surface area (Å²) >= 11 is 0. The third kappa shape index (κ3) is 2.22. The summed E-state index contributed by atoms with van der Waals surface area (Å²) in [6, 6.07) is 8.06. The minimum atomic E-state index is 0.802. The molecule has 3 aromatic heterocycles. The number of H-pyrrole nitrogens is 1. The molecule has 1 N–H and O–H groups in total. The predicted octanol–water partition coefficient (Wildman–Crippen LogP) is 2.45. The van der Waals surface area contributed by atoms with Crippen molar-refractivity contribution < 1.29 is 0 Å². The summed E-state index contributed by atoms with van der Waals surface area (Å²) in [6.45, 7) is 1.98. The molecule has 0 atom stereocenters. The Morgan fingerprint density at radius 2 is 2.06 bits per heavy atom. The second-order valence-corrected chi connectivity index (χ2v) is 4.37. The van der Waals surface area contributed by atoms with Crippen LogP contribution < -0.4 is 0 Å². The van der Waals surface area contributed by atoms with Gasteiger partial charge in [0.2, 0.25) is 0 Å². The average molecular weight is 238 g/mol. The Balaban J connectivity index is 1.79. The first-order valence-corrected chi connectivity index (χ1v) is 6.02. The Bertz CT molecular complexity index is 658. The van der Waals surface area contributed by atoms with Gasteiger partial charge in [-0.2, -0.15) is 0 Å². The summed E-state index contributed by atoms with van der Waals surface area (Å²) in [6.07, 6.45) is 5.50. The molecular formula is C14H14N4. The van der Waals surface area contributed by atoms with Crippen LogP contribution in [-0.4, -0.2) is 19.9 Å². The van der Waals surface area contributed by atoms with Gasteiger partial charge in [-0.05, 0) is 37.1 Å². The molecule has 3 rings (SSSR count). The number of aromatic nitrogens is 4. The van der Waals surface area contributed by atoms with Gasteiger partial charge in [0.25, 0.3) is 0 Å². The van der Waals surface area contributed by atoms with E-state index in [1.807, 2.05) is 31.3 Å². The van der Waals surface area contributed by atoms with E-state index in [1.165, 1.54) is 5.56 Å². The number of aromatic amines is 1. The Kier molecular flexibility index (Phi) is 2.76. The van der Waals surface area contributed by atoms with Gasteiger partial charge in [0.15, 0.2) is 5.65 Å². The Hall–Kier alpha value is -2.23. The lowest BCUT2D eigenvalue weighted by molar-refractivity contribution is 0.883. The lowest BCUT2D eigenvalue weighted by Crippen LogP contribution is -1.93. The zero-order chi connectivity index (χ0) is 12.4. The summed E-state index contributed by atoms with van der Waals surface area (Å²) in [4.78, 5) is 16.3. The van der Waals surface area contributed by atoms with E-state index in [4.69, 9.17) is 0 Å². The van der Waals surface area contributed by atoms with Crippen LogP contribution in [0.15, 0.2) is 36.7 Å². The molecule has 0 amide bonds. The molecule has 0 saturated heterocycles. The summed E-state index contributed by atoms with van der Waals surface area (Å²) in [5.41, 5.74) is 4.02. The Labute approximate surface area is 105 Å². The number of imidazole rings is 1. The number of fused-ring (bicyclic) bond motifs is 1. The maximum absolute atomic E-state index is 4.50. The van der Waals surface area contributed by atoms with Gasteiger partial charge < -0.3 is 4.98 Å². The second kappa shape index (κ2) is 4.56. The highest BCUT2D eigenvalue weighted by Gasteiger charge is 2.04. The second-order valence-electron chi connectivity index (χ2n) is 4.37. The van der Waals surface area contributed by atoms with E-state index in [0.717, 1.165) is 35.5 Å². The number of pyridine rings is 2. The van der Waals surface area contributed by atoms with Crippen LogP contribution in [0.1, 0.15) is 17.1 Å². The number of hydrogen-bond donors (Lipinski definition) is 1. The molecule has 0 radical (unpaired) electrons. The van der Waals surface area contributed by atoms with E-state index in [-0.39, 0.29) is 0 Å². The van der Waals surface area contributed by atoms with Crippen LogP contribution in [0.2, 0.25) is 0 Å². The molecule has 0 spiro atoms. The van der Waals surface area contributed by atoms with Crippen molar-refractivity contribution in [3.05, 3.63) is 53.7 Å². The van der Waals surface area contributed by atoms with Crippen LogP contribution in [-0.2, 0) is 12.8 Å². The van der Waals surface area contributed by atoms with Crippen LogP contribution in [0.3, 0.4) is 0 Å². The molecule has 3 heterocycles. The Morgan fingerprint density at radius 1 is 1.11 bits per heavy atom. The van der Waals surface area contributed by atoms with E-state index in [9.17, 15) is 0 Å². The van der Waals surface area contributed by atoms with Gasteiger partial charge in [0.1, 0.15) is 5.82 Å². The molecule has 0 unspecified atom stereocenters. The summed E-state index contributed by atoms with van der Waals surface area (Å²) in [7, 11) is 0. The van der Waals surface area contributed by atoms with E-state index in [2.05, 4.69) is 26.0 Å². The van der Waals surface area contributed by atoms with Crippen molar-refractivity contribution in [3.8, 4) is 0 Å². The average Bonchev–Trinajstić information content (AvgIpc) is 2.79. The lowest BCUT2D eigenvalue weighted by atomic mass is 10.1. The van der Waals surface area contributed by atoms with E-state index < -0.39 is 0 Å². The third-order valence-corrected chi connectivity index (χ3v) is 2.91. The standard InChI is InChI=1S/C14H14N4/c1-10-4-6-12-14(16-10)18-13(17-12)7-5-11-3-2-8-15-9-11/h2-4,6,8-9H,5,7H2,1H3,(H,16,17,18). The molecule has 4 nitrogen and oxygen atoms in total. The van der Waals surface area contributed by atoms with Gasteiger partial charge in [-0.15, -0.1) is 0 Å². The fourth-order valence-electron chi connectivity index (χ4n) is 1.96. The maximum Gasteiger partial charge on any atom is 0.177 e. The quantitative estimate of drug-likeness (QED) is 0.762. The SMILES string of the molecule is Cc1ccc2[nH]c(CCc3cccnc3)nc2n1. The first kappa shape index (κ1) is 10.9. The van der Waals surface area contributed by atoms with Crippen molar-refractivity contribution in [3.63, 3.8) is 0 Å². The molecule has 4 heteroatoms. The van der Waals surface area contributed by atoms with Crippen LogP contribution in [0, 0.1) is 6.92 Å². The minimum Gasteiger partial charge on any atom is -0.341 e. The largest absolute Gasteiger partial charge is 0.341 e. The summed E-state index contributed by atoms with van der Waals surface area (Å²) in [5, 5.41) is 0. The highest BCUT2D eigenvalue weighted by Crippen LogP contribution is 2.11. The van der Waals surface area contributed by atoms with Gasteiger partial charge in [-0.3, -0.25) is 4.98 Å².